The quantitative estimate of drug-likeness (QED) is 0.629. The average Bonchev–Trinajstić information content (AvgIpc) is 2.36. The summed E-state index contributed by atoms with van der Waals surface area (Å²) in [4.78, 5) is 23.1. The Hall–Kier alpha value is -2.36. The Bertz CT molecular complexity index is 516. The maximum absolute atomic E-state index is 11.9. The Morgan fingerprint density at radius 3 is 2.44 bits per heavy atom. The van der Waals surface area contributed by atoms with Crippen LogP contribution in [0.3, 0.4) is 0 Å². The number of allylic oxidation sites excluding steroid dienone is 2. The summed E-state index contributed by atoms with van der Waals surface area (Å²) in [6, 6.07) is 6.63. The van der Waals surface area contributed by atoms with Crippen molar-refractivity contribution < 1.29 is 9.59 Å². The summed E-state index contributed by atoms with van der Waals surface area (Å²) in [5.74, 6) is -0.844. The summed E-state index contributed by atoms with van der Waals surface area (Å²) in [6.45, 7) is 3.60. The second kappa shape index (κ2) is 6.39. The molecule has 0 saturated heterocycles. The van der Waals surface area contributed by atoms with Crippen LogP contribution in [0.25, 0.3) is 0 Å². The summed E-state index contributed by atoms with van der Waals surface area (Å²) in [7, 11) is 0. The lowest BCUT2D eigenvalue weighted by Crippen LogP contribution is -2.18. The molecule has 0 heterocycles. The molecule has 0 aromatic heterocycles. The molecule has 4 nitrogen and oxygen atoms in total. The molecular weight excluding hydrogens is 228 g/mol. The zero-order chi connectivity index (χ0) is 13.5. The van der Waals surface area contributed by atoms with E-state index in [1.165, 1.54) is 0 Å². The number of primary amides is 1. The molecule has 0 fully saturated rings. The monoisotopic (exact) mass is 244 g/mol. The number of hydrogen-bond acceptors (Lipinski definition) is 2. The number of hydrogen-bond donors (Lipinski definition) is 2. The fraction of sp³-hybridized carbons (Fsp3) is 0.143. The third-order valence-corrected chi connectivity index (χ3v) is 2.36. The van der Waals surface area contributed by atoms with Crippen molar-refractivity contribution in [2.24, 2.45) is 5.73 Å². The lowest BCUT2D eigenvalue weighted by Gasteiger charge is -2.08. The van der Waals surface area contributed by atoms with Gasteiger partial charge in [-0.3, -0.25) is 9.59 Å². The summed E-state index contributed by atoms with van der Waals surface area (Å²) in [5.41, 5.74) is 6.47. The number of amides is 2. The lowest BCUT2D eigenvalue weighted by atomic mass is 10.1. The third-order valence-electron chi connectivity index (χ3n) is 2.36. The van der Waals surface area contributed by atoms with Crippen molar-refractivity contribution in [3.63, 3.8) is 0 Å². The van der Waals surface area contributed by atoms with Gasteiger partial charge in [0.25, 0.3) is 11.8 Å². The Kier molecular flexibility index (Phi) is 4.87. The normalized spacial score (nSPS) is 11.6. The predicted octanol–water partition coefficient (Wildman–Crippen LogP) is 2.25. The Labute approximate surface area is 106 Å². The zero-order valence-corrected chi connectivity index (χ0v) is 10.4. The summed E-state index contributed by atoms with van der Waals surface area (Å²) in [6.07, 6.45) is 5.17. The molecule has 0 saturated carbocycles. The molecule has 1 aromatic carbocycles. The van der Waals surface area contributed by atoms with Crippen LogP contribution in [-0.4, -0.2) is 11.8 Å². The highest BCUT2D eigenvalue weighted by Crippen LogP contribution is 2.15. The van der Waals surface area contributed by atoms with E-state index >= 15 is 0 Å². The van der Waals surface area contributed by atoms with Crippen LogP contribution >= 0.6 is 0 Å². The molecule has 0 aliphatic heterocycles. The molecule has 0 radical (unpaired) electrons. The van der Waals surface area contributed by atoms with Gasteiger partial charge in [0.1, 0.15) is 0 Å². The van der Waals surface area contributed by atoms with Crippen LogP contribution in [0.5, 0.6) is 0 Å². The number of benzene rings is 1. The molecule has 4 heteroatoms. The molecule has 1 aromatic rings. The topological polar surface area (TPSA) is 72.2 Å². The standard InChI is InChI=1S/C14H16N2O2/c1-3-7-10(4-2)14(18)16-12-9-6-5-8-11(12)13(15)17/h3-9H,1-2H3,(H2,15,17)(H,16,18)/b7-3-,10-4+. The summed E-state index contributed by atoms with van der Waals surface area (Å²) < 4.78 is 0. The van der Waals surface area contributed by atoms with Crippen molar-refractivity contribution in [1.29, 1.82) is 0 Å². The van der Waals surface area contributed by atoms with Crippen LogP contribution in [0.15, 0.2) is 48.1 Å². The van der Waals surface area contributed by atoms with E-state index in [0.29, 0.717) is 16.8 Å². The molecule has 0 bridgehead atoms. The molecule has 0 aliphatic rings. The first-order valence-corrected chi connectivity index (χ1v) is 5.59. The van der Waals surface area contributed by atoms with Crippen LogP contribution in [0.2, 0.25) is 0 Å². The Morgan fingerprint density at radius 1 is 1.22 bits per heavy atom. The Morgan fingerprint density at radius 2 is 1.89 bits per heavy atom. The molecule has 0 unspecified atom stereocenters. The number of rotatable bonds is 4. The number of anilines is 1. The highest BCUT2D eigenvalue weighted by atomic mass is 16.2. The van der Waals surface area contributed by atoms with Crippen molar-refractivity contribution >= 4 is 17.5 Å². The van der Waals surface area contributed by atoms with E-state index in [9.17, 15) is 9.59 Å². The molecule has 0 spiro atoms. The van der Waals surface area contributed by atoms with E-state index < -0.39 is 5.91 Å². The summed E-state index contributed by atoms with van der Waals surface area (Å²) in [5, 5.41) is 2.67. The fourth-order valence-electron chi connectivity index (χ4n) is 1.48. The number of nitrogens with one attached hydrogen (secondary N) is 1. The SMILES string of the molecule is C/C=C\C(=C/C)C(=O)Nc1ccccc1C(N)=O. The first-order chi connectivity index (χ1) is 8.60. The molecule has 0 atom stereocenters. The van der Waals surface area contributed by atoms with Crippen molar-refractivity contribution in [2.75, 3.05) is 5.32 Å². The predicted molar refractivity (Wildman–Crippen MR) is 72.2 cm³/mol. The van der Waals surface area contributed by atoms with Crippen molar-refractivity contribution in [2.45, 2.75) is 13.8 Å². The van der Waals surface area contributed by atoms with Gasteiger partial charge in [-0.05, 0) is 26.0 Å². The highest BCUT2D eigenvalue weighted by molar-refractivity contribution is 6.09. The van der Waals surface area contributed by atoms with Gasteiger partial charge >= 0.3 is 0 Å². The van der Waals surface area contributed by atoms with Gasteiger partial charge in [0.05, 0.1) is 11.3 Å². The largest absolute Gasteiger partial charge is 0.366 e. The molecule has 0 aliphatic carbocycles. The van der Waals surface area contributed by atoms with Crippen LogP contribution in [0.1, 0.15) is 24.2 Å². The maximum atomic E-state index is 11.9. The van der Waals surface area contributed by atoms with E-state index in [1.54, 1.807) is 49.4 Å². The van der Waals surface area contributed by atoms with Gasteiger partial charge in [0.15, 0.2) is 0 Å². The van der Waals surface area contributed by atoms with E-state index in [0.717, 1.165) is 0 Å². The summed E-state index contributed by atoms with van der Waals surface area (Å²) >= 11 is 0. The van der Waals surface area contributed by atoms with Crippen LogP contribution in [0, 0.1) is 0 Å². The first kappa shape index (κ1) is 13.7. The van der Waals surface area contributed by atoms with Crippen LogP contribution in [0.4, 0.5) is 5.69 Å². The van der Waals surface area contributed by atoms with E-state index in [-0.39, 0.29) is 5.91 Å². The minimum absolute atomic E-state index is 0.274. The number of nitrogens with two attached hydrogens (primary N) is 1. The van der Waals surface area contributed by atoms with Gasteiger partial charge < -0.3 is 11.1 Å². The second-order valence-corrected chi connectivity index (χ2v) is 3.61. The zero-order valence-electron chi connectivity index (χ0n) is 10.4. The minimum atomic E-state index is -0.570. The molecule has 18 heavy (non-hydrogen) atoms. The fourth-order valence-corrected chi connectivity index (χ4v) is 1.48. The number of para-hydroxylation sites is 1. The highest BCUT2D eigenvalue weighted by Gasteiger charge is 2.11. The number of carbonyl (C=O) groups excluding carboxylic acids is 2. The Balaban J connectivity index is 2.98. The third kappa shape index (κ3) is 3.31. The van der Waals surface area contributed by atoms with E-state index in [4.69, 9.17) is 5.73 Å². The van der Waals surface area contributed by atoms with Gasteiger partial charge in [-0.2, -0.15) is 0 Å². The van der Waals surface area contributed by atoms with Crippen molar-refractivity contribution in [1.82, 2.24) is 0 Å². The van der Waals surface area contributed by atoms with Crippen LogP contribution in [-0.2, 0) is 4.79 Å². The van der Waals surface area contributed by atoms with E-state index in [1.807, 2.05) is 6.92 Å². The molecule has 3 N–H and O–H groups in total. The number of carbonyl (C=O) groups is 2. The van der Waals surface area contributed by atoms with Gasteiger partial charge in [0, 0.05) is 5.57 Å². The average molecular weight is 244 g/mol. The molecule has 94 valence electrons. The lowest BCUT2D eigenvalue weighted by molar-refractivity contribution is -0.112. The van der Waals surface area contributed by atoms with Gasteiger partial charge in [-0.25, -0.2) is 0 Å². The minimum Gasteiger partial charge on any atom is -0.366 e. The molecule has 1 rings (SSSR count). The van der Waals surface area contributed by atoms with Gasteiger partial charge in [-0.15, -0.1) is 0 Å². The van der Waals surface area contributed by atoms with Gasteiger partial charge in [-0.1, -0.05) is 30.4 Å². The van der Waals surface area contributed by atoms with Crippen molar-refractivity contribution in [3.05, 3.63) is 53.6 Å². The van der Waals surface area contributed by atoms with Crippen molar-refractivity contribution in [3.8, 4) is 0 Å². The van der Waals surface area contributed by atoms with Crippen LogP contribution < -0.4 is 11.1 Å². The second-order valence-electron chi connectivity index (χ2n) is 3.61. The smallest absolute Gasteiger partial charge is 0.255 e. The van der Waals surface area contributed by atoms with E-state index in [2.05, 4.69) is 5.32 Å². The first-order valence-electron chi connectivity index (χ1n) is 5.59. The van der Waals surface area contributed by atoms with Gasteiger partial charge in [0.2, 0.25) is 0 Å². The molecular formula is C14H16N2O2. The molecule has 2 amide bonds. The maximum Gasteiger partial charge on any atom is 0.255 e.